The van der Waals surface area contributed by atoms with Crippen molar-refractivity contribution in [2.75, 3.05) is 0 Å². The van der Waals surface area contributed by atoms with E-state index in [1.807, 2.05) is 30.3 Å². The van der Waals surface area contributed by atoms with Gasteiger partial charge in [0.2, 0.25) is 0 Å². The van der Waals surface area contributed by atoms with Crippen molar-refractivity contribution in [3.8, 4) is 0 Å². The predicted molar refractivity (Wildman–Crippen MR) is 116 cm³/mol. The Balaban J connectivity index is 1.39. The van der Waals surface area contributed by atoms with Gasteiger partial charge in [0.15, 0.2) is 0 Å². The summed E-state index contributed by atoms with van der Waals surface area (Å²) in [7, 11) is 0. The van der Waals surface area contributed by atoms with E-state index < -0.39 is 0 Å². The van der Waals surface area contributed by atoms with E-state index in [0.29, 0.717) is 17.9 Å². The van der Waals surface area contributed by atoms with Crippen molar-refractivity contribution in [1.29, 1.82) is 0 Å². The molecular weight excluding hydrogens is 356 g/mol. The van der Waals surface area contributed by atoms with Crippen molar-refractivity contribution in [3.63, 3.8) is 0 Å². The molecule has 0 unspecified atom stereocenters. The second-order valence-electron chi connectivity index (χ2n) is 11.2. The Bertz CT molecular complexity index is 813. The number of hydrogen-bond donors (Lipinski definition) is 0. The third-order valence-electron chi connectivity index (χ3n) is 9.74. The summed E-state index contributed by atoms with van der Waals surface area (Å²) in [5, 5.41) is 0. The molecular formula is C27H36O2. The highest BCUT2D eigenvalue weighted by Gasteiger charge is 2.65. The maximum atomic E-state index is 13.4. The molecule has 4 aliphatic rings. The number of esters is 1. The van der Waals surface area contributed by atoms with Gasteiger partial charge in [0, 0.05) is 0 Å². The molecule has 0 radical (unpaired) electrons. The molecule has 1 spiro atoms. The number of fused-ring (bicyclic) bond motifs is 3. The average molecular weight is 393 g/mol. The monoisotopic (exact) mass is 392 g/mol. The number of carbonyl (C=O) groups is 1. The van der Waals surface area contributed by atoms with Gasteiger partial charge in [-0.2, -0.15) is 0 Å². The lowest BCUT2D eigenvalue weighted by atomic mass is 9.41. The predicted octanol–water partition coefficient (Wildman–Crippen LogP) is 6.70. The molecule has 156 valence electrons. The molecule has 0 N–H and O–H groups in total. The van der Waals surface area contributed by atoms with Crippen LogP contribution in [0.2, 0.25) is 0 Å². The number of hydrogen-bond acceptors (Lipinski definition) is 2. The molecule has 2 bridgehead atoms. The van der Waals surface area contributed by atoms with E-state index in [1.54, 1.807) is 0 Å². The minimum absolute atomic E-state index is 0.0396. The lowest BCUT2D eigenvalue weighted by Crippen LogP contribution is -2.58. The minimum Gasteiger partial charge on any atom is -0.460 e. The van der Waals surface area contributed by atoms with E-state index >= 15 is 0 Å². The van der Waals surface area contributed by atoms with Gasteiger partial charge in [-0.05, 0) is 92.4 Å². The number of ether oxygens (including phenoxy) is 1. The van der Waals surface area contributed by atoms with E-state index in [-0.39, 0.29) is 16.8 Å². The molecule has 0 heterocycles. The normalized spacial score (nSPS) is 43.4. The van der Waals surface area contributed by atoms with Crippen molar-refractivity contribution in [1.82, 2.24) is 0 Å². The fourth-order valence-corrected chi connectivity index (χ4v) is 8.49. The SMILES string of the molecule is C=C1C[C@@]23CC[C@H]4[C@@](C)(CCC[C@@]4(C)C(=O)OCc4ccccc4)[C@@H]2CC[C@@H]1C3. The standard InChI is InChI=1S/C27H36O2/c1-19-16-27-15-12-22-25(2,23(27)11-10-21(19)17-27)13-7-14-26(22,3)24(28)29-18-20-8-5-4-6-9-20/h4-6,8-9,21-23H,1,7,10-18H2,2-3H3/t21-,22+,23+,25-,26-,27-/m1/s1. The Labute approximate surface area is 176 Å². The first-order chi connectivity index (χ1) is 13.9. The molecule has 1 aromatic rings. The highest BCUT2D eigenvalue weighted by molar-refractivity contribution is 5.77. The van der Waals surface area contributed by atoms with Crippen LogP contribution in [0.1, 0.15) is 77.2 Å². The van der Waals surface area contributed by atoms with E-state index in [1.165, 1.54) is 50.5 Å². The lowest BCUT2D eigenvalue weighted by Gasteiger charge is -2.63. The van der Waals surface area contributed by atoms with Crippen molar-refractivity contribution in [2.24, 2.45) is 34.0 Å². The van der Waals surface area contributed by atoms with Crippen LogP contribution < -0.4 is 0 Å². The number of benzene rings is 1. The van der Waals surface area contributed by atoms with Gasteiger partial charge in [-0.3, -0.25) is 4.79 Å². The summed E-state index contributed by atoms with van der Waals surface area (Å²) in [5.41, 5.74) is 3.02. The minimum atomic E-state index is -0.337. The number of rotatable bonds is 3. The van der Waals surface area contributed by atoms with Gasteiger partial charge in [-0.15, -0.1) is 0 Å². The fraction of sp³-hybridized carbons (Fsp3) is 0.667. The van der Waals surface area contributed by atoms with E-state index in [4.69, 9.17) is 4.74 Å². The number of carbonyl (C=O) groups excluding carboxylic acids is 1. The average Bonchev–Trinajstić information content (AvgIpc) is 2.94. The number of allylic oxidation sites excluding steroid dienone is 1. The summed E-state index contributed by atoms with van der Waals surface area (Å²) < 4.78 is 5.92. The molecule has 0 amide bonds. The topological polar surface area (TPSA) is 26.3 Å². The first-order valence-corrected chi connectivity index (χ1v) is 11.8. The lowest BCUT2D eigenvalue weighted by molar-refractivity contribution is -0.187. The molecule has 6 atom stereocenters. The zero-order chi connectivity index (χ0) is 20.3. The molecule has 5 rings (SSSR count). The van der Waals surface area contributed by atoms with Crippen LogP contribution in [-0.2, 0) is 16.1 Å². The van der Waals surface area contributed by atoms with Gasteiger partial charge in [0.25, 0.3) is 0 Å². The van der Waals surface area contributed by atoms with Crippen molar-refractivity contribution in [3.05, 3.63) is 48.0 Å². The maximum absolute atomic E-state index is 13.4. The van der Waals surface area contributed by atoms with E-state index in [0.717, 1.165) is 30.2 Å². The van der Waals surface area contributed by atoms with Crippen molar-refractivity contribution >= 4 is 5.97 Å². The zero-order valence-electron chi connectivity index (χ0n) is 18.2. The highest BCUT2D eigenvalue weighted by atomic mass is 16.5. The van der Waals surface area contributed by atoms with Crippen molar-refractivity contribution < 1.29 is 9.53 Å². The fourth-order valence-electron chi connectivity index (χ4n) is 8.49. The molecule has 1 aromatic carbocycles. The summed E-state index contributed by atoms with van der Waals surface area (Å²) in [6.07, 6.45) is 11.2. The van der Waals surface area contributed by atoms with Crippen LogP contribution in [0.5, 0.6) is 0 Å². The van der Waals surface area contributed by atoms with E-state index in [9.17, 15) is 4.79 Å². The molecule has 4 aliphatic carbocycles. The summed E-state index contributed by atoms with van der Waals surface area (Å²) in [5.74, 6) is 2.02. The van der Waals surface area contributed by atoms with Gasteiger partial charge in [-0.1, -0.05) is 55.8 Å². The van der Waals surface area contributed by atoms with Gasteiger partial charge >= 0.3 is 5.97 Å². The summed E-state index contributed by atoms with van der Waals surface area (Å²) in [6.45, 7) is 9.60. The molecule has 4 fully saturated rings. The van der Waals surface area contributed by atoms with Crippen LogP contribution in [0.4, 0.5) is 0 Å². The highest BCUT2D eigenvalue weighted by Crippen LogP contribution is 2.72. The molecule has 4 saturated carbocycles. The Morgan fingerprint density at radius 1 is 1.07 bits per heavy atom. The maximum Gasteiger partial charge on any atom is 0.312 e. The zero-order valence-corrected chi connectivity index (χ0v) is 18.2. The molecule has 29 heavy (non-hydrogen) atoms. The smallest absolute Gasteiger partial charge is 0.312 e. The first-order valence-electron chi connectivity index (χ1n) is 11.8. The molecule has 2 nitrogen and oxygen atoms in total. The van der Waals surface area contributed by atoms with E-state index in [2.05, 4.69) is 20.4 Å². The van der Waals surface area contributed by atoms with Crippen LogP contribution in [0.25, 0.3) is 0 Å². The third-order valence-corrected chi connectivity index (χ3v) is 9.74. The second kappa shape index (κ2) is 6.72. The molecule has 0 aliphatic heterocycles. The van der Waals surface area contributed by atoms with Gasteiger partial charge in [-0.25, -0.2) is 0 Å². The largest absolute Gasteiger partial charge is 0.460 e. The van der Waals surface area contributed by atoms with Crippen LogP contribution in [-0.4, -0.2) is 5.97 Å². The third kappa shape index (κ3) is 2.85. The summed E-state index contributed by atoms with van der Waals surface area (Å²) >= 11 is 0. The van der Waals surface area contributed by atoms with Crippen LogP contribution in [0.15, 0.2) is 42.5 Å². The Morgan fingerprint density at radius 2 is 1.86 bits per heavy atom. The second-order valence-corrected chi connectivity index (χ2v) is 11.2. The first kappa shape index (κ1) is 19.4. The van der Waals surface area contributed by atoms with Gasteiger partial charge < -0.3 is 4.74 Å². The van der Waals surface area contributed by atoms with Crippen LogP contribution >= 0.6 is 0 Å². The summed E-state index contributed by atoms with van der Waals surface area (Å²) in [4.78, 5) is 13.4. The van der Waals surface area contributed by atoms with Crippen LogP contribution in [0, 0.1) is 34.0 Å². The Morgan fingerprint density at radius 3 is 2.66 bits per heavy atom. The van der Waals surface area contributed by atoms with Gasteiger partial charge in [0.1, 0.15) is 6.61 Å². The Hall–Kier alpha value is -1.57. The Kier molecular flexibility index (Phi) is 4.50. The molecule has 0 saturated heterocycles. The van der Waals surface area contributed by atoms with Gasteiger partial charge in [0.05, 0.1) is 5.41 Å². The molecule has 2 heteroatoms. The quantitative estimate of drug-likeness (QED) is 0.423. The summed E-state index contributed by atoms with van der Waals surface area (Å²) in [6, 6.07) is 10.1. The molecule has 0 aromatic heterocycles. The van der Waals surface area contributed by atoms with Crippen molar-refractivity contribution in [2.45, 2.75) is 78.2 Å². The van der Waals surface area contributed by atoms with Crippen LogP contribution in [0.3, 0.4) is 0 Å².